The Bertz CT molecular complexity index is 653. The van der Waals surface area contributed by atoms with Crippen LogP contribution in [0.4, 0.5) is 5.69 Å². The van der Waals surface area contributed by atoms with E-state index in [9.17, 15) is 4.79 Å². The van der Waals surface area contributed by atoms with Crippen molar-refractivity contribution >= 4 is 11.6 Å². The number of nitrogens with zero attached hydrogens (tertiary/aromatic N) is 4. The molecule has 1 N–H and O–H groups in total. The Labute approximate surface area is 146 Å². The molecule has 25 heavy (non-hydrogen) atoms. The van der Waals surface area contributed by atoms with Crippen LogP contribution in [0.1, 0.15) is 13.0 Å². The van der Waals surface area contributed by atoms with E-state index >= 15 is 0 Å². The molecule has 0 spiro atoms. The maximum Gasteiger partial charge on any atom is 0.249 e. The lowest BCUT2D eigenvalue weighted by Crippen LogP contribution is -2.38. The van der Waals surface area contributed by atoms with Crippen molar-refractivity contribution in [1.29, 1.82) is 0 Å². The van der Waals surface area contributed by atoms with Gasteiger partial charge in [0.15, 0.2) is 0 Å². The summed E-state index contributed by atoms with van der Waals surface area (Å²) in [6, 6.07) is 6.95. The molecule has 0 bridgehead atoms. The number of hydrogen-bond acceptors (Lipinski definition) is 6. The van der Waals surface area contributed by atoms with Crippen LogP contribution in [0.2, 0.25) is 0 Å². The fourth-order valence-electron chi connectivity index (χ4n) is 2.54. The molecule has 2 aromatic rings. The number of ether oxygens (including phenoxy) is 2. The molecule has 1 saturated heterocycles. The van der Waals surface area contributed by atoms with Crippen molar-refractivity contribution in [1.82, 2.24) is 19.7 Å². The number of nitrogens with one attached hydrogen (secondary N) is 1. The highest BCUT2D eigenvalue weighted by Gasteiger charge is 2.15. The summed E-state index contributed by atoms with van der Waals surface area (Å²) in [5.41, 5.74) is 0.720. The van der Waals surface area contributed by atoms with Crippen molar-refractivity contribution in [3.05, 3.63) is 36.9 Å². The summed E-state index contributed by atoms with van der Waals surface area (Å²) in [5, 5.41) is 6.84. The van der Waals surface area contributed by atoms with E-state index in [1.807, 2.05) is 24.3 Å². The molecule has 0 aliphatic carbocycles. The largest absolute Gasteiger partial charge is 0.492 e. The Balaban J connectivity index is 1.44. The molecule has 8 heteroatoms. The molecule has 134 valence electrons. The lowest BCUT2D eigenvalue weighted by molar-refractivity contribution is -0.119. The number of aromatic nitrogens is 3. The van der Waals surface area contributed by atoms with Gasteiger partial charge < -0.3 is 14.8 Å². The highest BCUT2D eigenvalue weighted by molar-refractivity contribution is 5.93. The normalized spacial score (nSPS) is 16.4. The number of hydrogen-bond donors (Lipinski definition) is 1. The lowest BCUT2D eigenvalue weighted by Gasteiger charge is -2.26. The van der Waals surface area contributed by atoms with Crippen molar-refractivity contribution in [2.24, 2.45) is 0 Å². The van der Waals surface area contributed by atoms with Crippen LogP contribution in [0, 0.1) is 0 Å². The fourth-order valence-corrected chi connectivity index (χ4v) is 2.54. The number of morpholine rings is 1. The van der Waals surface area contributed by atoms with E-state index in [1.54, 1.807) is 6.92 Å². The molecule has 1 fully saturated rings. The first-order chi connectivity index (χ1) is 12.2. The first kappa shape index (κ1) is 17.4. The number of carbonyl (C=O) groups is 1. The molecule has 1 aliphatic heterocycles. The Hall–Kier alpha value is -2.45. The van der Waals surface area contributed by atoms with Gasteiger partial charge in [0, 0.05) is 25.3 Å². The standard InChI is InChI=1S/C17H23N5O3/c1-14(22-13-18-12-19-22)17(23)20-15-2-4-16(5-3-15)25-11-8-21-6-9-24-10-7-21/h2-5,12-14H,6-11H2,1H3,(H,20,23). The summed E-state index contributed by atoms with van der Waals surface area (Å²) in [4.78, 5) is 18.4. The Morgan fingerprint density at radius 2 is 2.08 bits per heavy atom. The van der Waals surface area contributed by atoms with E-state index < -0.39 is 6.04 Å². The first-order valence-corrected chi connectivity index (χ1v) is 8.40. The SMILES string of the molecule is CC(C(=O)Nc1ccc(OCCN2CCOCC2)cc1)n1cncn1. The number of anilines is 1. The van der Waals surface area contributed by atoms with E-state index in [4.69, 9.17) is 9.47 Å². The highest BCUT2D eigenvalue weighted by atomic mass is 16.5. The minimum atomic E-state index is -0.424. The van der Waals surface area contributed by atoms with Gasteiger partial charge in [-0.05, 0) is 31.2 Å². The molecular formula is C17H23N5O3. The third-order valence-electron chi connectivity index (χ3n) is 4.11. The number of amides is 1. The van der Waals surface area contributed by atoms with Crippen LogP contribution in [0.25, 0.3) is 0 Å². The Morgan fingerprint density at radius 3 is 2.76 bits per heavy atom. The van der Waals surface area contributed by atoms with Gasteiger partial charge in [0.05, 0.1) is 13.2 Å². The zero-order valence-electron chi connectivity index (χ0n) is 14.3. The molecule has 0 saturated carbocycles. The van der Waals surface area contributed by atoms with Crippen molar-refractivity contribution in [2.45, 2.75) is 13.0 Å². The predicted octanol–water partition coefficient (Wildman–Crippen LogP) is 1.19. The van der Waals surface area contributed by atoms with Gasteiger partial charge in [-0.2, -0.15) is 5.10 Å². The average molecular weight is 345 g/mol. The van der Waals surface area contributed by atoms with Crippen molar-refractivity contribution < 1.29 is 14.3 Å². The average Bonchev–Trinajstić information content (AvgIpc) is 3.18. The molecule has 1 aromatic heterocycles. The van der Waals surface area contributed by atoms with E-state index in [0.29, 0.717) is 6.61 Å². The second-order valence-electron chi connectivity index (χ2n) is 5.87. The fraction of sp³-hybridized carbons (Fsp3) is 0.471. The summed E-state index contributed by atoms with van der Waals surface area (Å²) in [7, 11) is 0. The zero-order valence-corrected chi connectivity index (χ0v) is 14.3. The number of carbonyl (C=O) groups excluding carboxylic acids is 1. The van der Waals surface area contributed by atoms with Gasteiger partial charge in [0.1, 0.15) is 31.1 Å². The molecule has 3 rings (SSSR count). The third kappa shape index (κ3) is 5.01. The molecule has 2 heterocycles. The van der Waals surface area contributed by atoms with Gasteiger partial charge in [-0.25, -0.2) is 9.67 Å². The van der Waals surface area contributed by atoms with Crippen LogP contribution >= 0.6 is 0 Å². The summed E-state index contributed by atoms with van der Waals surface area (Å²) in [6.45, 7) is 6.79. The van der Waals surface area contributed by atoms with Gasteiger partial charge in [-0.15, -0.1) is 0 Å². The van der Waals surface area contributed by atoms with Crippen molar-refractivity contribution in [2.75, 3.05) is 44.8 Å². The van der Waals surface area contributed by atoms with Crippen LogP contribution in [0.3, 0.4) is 0 Å². The van der Waals surface area contributed by atoms with E-state index in [0.717, 1.165) is 44.3 Å². The van der Waals surface area contributed by atoms with Crippen LogP contribution in [0.15, 0.2) is 36.9 Å². The van der Waals surface area contributed by atoms with Crippen LogP contribution in [-0.4, -0.2) is 65.0 Å². The molecule has 1 amide bonds. The summed E-state index contributed by atoms with van der Waals surface area (Å²) < 4.78 is 12.6. The monoisotopic (exact) mass is 345 g/mol. The maximum absolute atomic E-state index is 12.2. The van der Waals surface area contributed by atoms with Gasteiger partial charge in [0.2, 0.25) is 5.91 Å². The molecule has 8 nitrogen and oxygen atoms in total. The smallest absolute Gasteiger partial charge is 0.249 e. The van der Waals surface area contributed by atoms with E-state index in [2.05, 4.69) is 20.3 Å². The molecule has 1 unspecified atom stereocenters. The number of rotatable bonds is 7. The summed E-state index contributed by atoms with van der Waals surface area (Å²) in [6.07, 6.45) is 2.93. The van der Waals surface area contributed by atoms with E-state index in [1.165, 1.54) is 17.3 Å². The number of benzene rings is 1. The molecular weight excluding hydrogens is 322 g/mol. The minimum absolute atomic E-state index is 0.147. The summed E-state index contributed by atoms with van der Waals surface area (Å²) in [5.74, 6) is 0.641. The Kier molecular flexibility index (Phi) is 5.97. The predicted molar refractivity (Wildman–Crippen MR) is 92.6 cm³/mol. The second kappa shape index (κ2) is 8.59. The summed E-state index contributed by atoms with van der Waals surface area (Å²) >= 11 is 0. The van der Waals surface area contributed by atoms with Crippen LogP contribution in [-0.2, 0) is 9.53 Å². The molecule has 0 radical (unpaired) electrons. The lowest BCUT2D eigenvalue weighted by atomic mass is 10.2. The van der Waals surface area contributed by atoms with Crippen LogP contribution in [0.5, 0.6) is 5.75 Å². The zero-order chi connectivity index (χ0) is 17.5. The third-order valence-corrected chi connectivity index (χ3v) is 4.11. The van der Waals surface area contributed by atoms with Gasteiger partial charge in [-0.3, -0.25) is 9.69 Å². The molecule has 1 aliphatic rings. The maximum atomic E-state index is 12.2. The van der Waals surface area contributed by atoms with Gasteiger partial charge >= 0.3 is 0 Å². The second-order valence-corrected chi connectivity index (χ2v) is 5.87. The first-order valence-electron chi connectivity index (χ1n) is 8.40. The molecule has 1 aromatic carbocycles. The van der Waals surface area contributed by atoms with Crippen LogP contribution < -0.4 is 10.1 Å². The van der Waals surface area contributed by atoms with Gasteiger partial charge in [-0.1, -0.05) is 0 Å². The van der Waals surface area contributed by atoms with Crippen molar-refractivity contribution in [3.8, 4) is 5.75 Å². The Morgan fingerprint density at radius 1 is 1.32 bits per heavy atom. The topological polar surface area (TPSA) is 81.5 Å². The quantitative estimate of drug-likeness (QED) is 0.812. The molecule has 1 atom stereocenters. The van der Waals surface area contributed by atoms with E-state index in [-0.39, 0.29) is 5.91 Å². The highest BCUT2D eigenvalue weighted by Crippen LogP contribution is 2.17. The van der Waals surface area contributed by atoms with Crippen molar-refractivity contribution in [3.63, 3.8) is 0 Å². The van der Waals surface area contributed by atoms with Gasteiger partial charge in [0.25, 0.3) is 0 Å². The minimum Gasteiger partial charge on any atom is -0.492 e.